The minimum absolute atomic E-state index is 0.0578. The van der Waals surface area contributed by atoms with Crippen molar-refractivity contribution in [2.45, 2.75) is 49.8 Å². The second-order valence-corrected chi connectivity index (χ2v) is 5.53. The highest BCUT2D eigenvalue weighted by atomic mass is 35.5. The van der Waals surface area contributed by atoms with Crippen LogP contribution in [0.1, 0.15) is 39.5 Å². The van der Waals surface area contributed by atoms with E-state index in [-0.39, 0.29) is 4.87 Å². The van der Waals surface area contributed by atoms with Gasteiger partial charge in [-0.2, -0.15) is 0 Å². The van der Waals surface area contributed by atoms with Crippen molar-refractivity contribution in [3.63, 3.8) is 0 Å². The Morgan fingerprint density at radius 1 is 1.36 bits per heavy atom. The summed E-state index contributed by atoms with van der Waals surface area (Å²) in [4.78, 5) is 0.0578. The average Bonchev–Trinajstić information content (AvgIpc) is 1.86. The predicted molar refractivity (Wildman–Crippen MR) is 51.5 cm³/mol. The highest BCUT2D eigenvalue weighted by molar-refractivity contribution is 6.23. The third-order valence-electron chi connectivity index (χ3n) is 2.72. The highest BCUT2D eigenvalue weighted by Crippen LogP contribution is 2.38. The summed E-state index contributed by atoms with van der Waals surface area (Å²) in [5.41, 5.74) is 0. The van der Waals surface area contributed by atoms with E-state index in [1.165, 1.54) is 12.8 Å². The summed E-state index contributed by atoms with van der Waals surface area (Å²) in [6.45, 7) is 4.22. The molecule has 1 rings (SSSR count). The predicted octanol–water partition coefficient (Wildman–Crippen LogP) is 3.80. The molecule has 0 aromatic heterocycles. The van der Waals surface area contributed by atoms with Crippen molar-refractivity contribution in [2.24, 2.45) is 5.92 Å². The van der Waals surface area contributed by atoms with Crippen LogP contribution in [0.5, 0.6) is 0 Å². The van der Waals surface area contributed by atoms with Crippen LogP contribution in [0.2, 0.25) is 0 Å². The topological polar surface area (TPSA) is 0 Å². The largest absolute Gasteiger partial charge is 0.123 e. The Hall–Kier alpha value is 0.580. The number of alkyl halides is 2. The van der Waals surface area contributed by atoms with Gasteiger partial charge in [0.1, 0.15) is 0 Å². The van der Waals surface area contributed by atoms with Gasteiger partial charge in [-0.25, -0.2) is 0 Å². The van der Waals surface area contributed by atoms with Crippen LogP contribution in [0.3, 0.4) is 0 Å². The Balaban J connectivity index is 2.36. The van der Waals surface area contributed by atoms with Gasteiger partial charge in [0, 0.05) is 10.3 Å². The van der Waals surface area contributed by atoms with E-state index in [9.17, 15) is 0 Å². The van der Waals surface area contributed by atoms with Gasteiger partial charge in [-0.1, -0.05) is 0 Å². The van der Waals surface area contributed by atoms with Crippen molar-refractivity contribution in [2.75, 3.05) is 0 Å². The highest BCUT2D eigenvalue weighted by Gasteiger charge is 2.30. The molecule has 0 aliphatic heterocycles. The molecule has 1 unspecified atom stereocenters. The van der Waals surface area contributed by atoms with Gasteiger partial charge in [0.05, 0.1) is 0 Å². The number of hydrogen-bond donors (Lipinski definition) is 0. The van der Waals surface area contributed by atoms with Crippen LogP contribution in [0.25, 0.3) is 0 Å². The zero-order chi connectivity index (χ0) is 8.48. The number of hydrogen-bond acceptors (Lipinski definition) is 0. The average molecular weight is 195 g/mol. The molecule has 0 aromatic carbocycles. The SMILES string of the molecule is CC(Cl)C1CCC(C)(Cl)CC1. The summed E-state index contributed by atoms with van der Waals surface area (Å²) in [5.74, 6) is 0.698. The molecule has 1 aliphatic rings. The Kier molecular flexibility index (Phi) is 3.10. The molecule has 0 N–H and O–H groups in total. The first-order valence-corrected chi connectivity index (χ1v) is 5.16. The molecule has 0 nitrogen and oxygen atoms in total. The van der Waals surface area contributed by atoms with Crippen molar-refractivity contribution in [3.8, 4) is 0 Å². The van der Waals surface area contributed by atoms with E-state index in [0.29, 0.717) is 11.3 Å². The lowest BCUT2D eigenvalue weighted by Gasteiger charge is -2.33. The third kappa shape index (κ3) is 2.83. The summed E-state index contributed by atoms with van der Waals surface area (Å²) in [5, 5.41) is 0.322. The second kappa shape index (κ2) is 3.53. The van der Waals surface area contributed by atoms with Crippen molar-refractivity contribution in [3.05, 3.63) is 0 Å². The van der Waals surface area contributed by atoms with Crippen LogP contribution in [0.15, 0.2) is 0 Å². The maximum Gasteiger partial charge on any atom is 0.0419 e. The zero-order valence-corrected chi connectivity index (χ0v) is 8.75. The fourth-order valence-corrected chi connectivity index (χ4v) is 2.17. The quantitative estimate of drug-likeness (QED) is 0.558. The Labute approximate surface area is 79.3 Å². The smallest absolute Gasteiger partial charge is 0.0419 e. The van der Waals surface area contributed by atoms with Crippen molar-refractivity contribution in [1.82, 2.24) is 0 Å². The summed E-state index contributed by atoms with van der Waals surface area (Å²) in [6.07, 6.45) is 4.64. The number of rotatable bonds is 1. The van der Waals surface area contributed by atoms with Crippen LogP contribution in [-0.4, -0.2) is 10.3 Å². The molecular formula is C9H16Cl2. The molecule has 0 bridgehead atoms. The summed E-state index contributed by atoms with van der Waals surface area (Å²) >= 11 is 12.2. The van der Waals surface area contributed by atoms with Gasteiger partial charge in [-0.15, -0.1) is 23.2 Å². The maximum atomic E-state index is 6.20. The molecule has 0 heterocycles. The van der Waals surface area contributed by atoms with Crippen LogP contribution in [-0.2, 0) is 0 Å². The second-order valence-electron chi connectivity index (χ2n) is 3.93. The minimum atomic E-state index is 0.0578. The molecule has 0 spiro atoms. The van der Waals surface area contributed by atoms with Crippen LogP contribution in [0, 0.1) is 5.92 Å². The molecular weight excluding hydrogens is 179 g/mol. The molecule has 1 saturated carbocycles. The molecule has 66 valence electrons. The first-order chi connectivity index (χ1) is 5.01. The van der Waals surface area contributed by atoms with E-state index in [4.69, 9.17) is 23.2 Å². The fourth-order valence-electron chi connectivity index (χ4n) is 1.70. The van der Waals surface area contributed by atoms with Crippen molar-refractivity contribution >= 4 is 23.2 Å². The summed E-state index contributed by atoms with van der Waals surface area (Å²) in [7, 11) is 0. The van der Waals surface area contributed by atoms with Gasteiger partial charge in [-0.3, -0.25) is 0 Å². The van der Waals surface area contributed by atoms with Gasteiger partial charge in [0.2, 0.25) is 0 Å². The molecule has 1 atom stereocenters. The van der Waals surface area contributed by atoms with E-state index in [1.54, 1.807) is 0 Å². The first kappa shape index (κ1) is 9.67. The van der Waals surface area contributed by atoms with Gasteiger partial charge in [0.15, 0.2) is 0 Å². The lowest BCUT2D eigenvalue weighted by Crippen LogP contribution is -2.27. The van der Waals surface area contributed by atoms with Gasteiger partial charge < -0.3 is 0 Å². The summed E-state index contributed by atoms with van der Waals surface area (Å²) < 4.78 is 0. The molecule has 0 aromatic rings. The van der Waals surface area contributed by atoms with Crippen molar-refractivity contribution < 1.29 is 0 Å². The van der Waals surface area contributed by atoms with Crippen molar-refractivity contribution in [1.29, 1.82) is 0 Å². The molecule has 11 heavy (non-hydrogen) atoms. The fraction of sp³-hybridized carbons (Fsp3) is 1.00. The molecule has 1 fully saturated rings. The lowest BCUT2D eigenvalue weighted by atomic mass is 9.81. The van der Waals surface area contributed by atoms with E-state index in [2.05, 4.69) is 13.8 Å². The third-order valence-corrected chi connectivity index (χ3v) is 3.46. The monoisotopic (exact) mass is 194 g/mol. The summed E-state index contributed by atoms with van der Waals surface area (Å²) in [6, 6.07) is 0. The zero-order valence-electron chi connectivity index (χ0n) is 7.24. The molecule has 0 saturated heterocycles. The number of halogens is 2. The molecule has 0 radical (unpaired) electrons. The van der Waals surface area contributed by atoms with Crippen LogP contribution < -0.4 is 0 Å². The van der Waals surface area contributed by atoms with Gasteiger partial charge >= 0.3 is 0 Å². The van der Waals surface area contributed by atoms with Crippen LogP contribution >= 0.6 is 23.2 Å². The lowest BCUT2D eigenvalue weighted by molar-refractivity contribution is 0.306. The Morgan fingerprint density at radius 3 is 2.18 bits per heavy atom. The van der Waals surface area contributed by atoms with E-state index >= 15 is 0 Å². The minimum Gasteiger partial charge on any atom is -0.123 e. The normalized spacial score (nSPS) is 42.0. The first-order valence-electron chi connectivity index (χ1n) is 4.34. The van der Waals surface area contributed by atoms with E-state index < -0.39 is 0 Å². The standard InChI is InChI=1S/C9H16Cl2/c1-7(10)8-3-5-9(2,11)6-4-8/h7-8H,3-6H2,1-2H3. The Bertz CT molecular complexity index is 120. The maximum absolute atomic E-state index is 6.20. The van der Waals surface area contributed by atoms with E-state index in [0.717, 1.165) is 12.8 Å². The molecule has 1 aliphatic carbocycles. The van der Waals surface area contributed by atoms with Gasteiger partial charge in [-0.05, 0) is 45.4 Å². The Morgan fingerprint density at radius 2 is 1.82 bits per heavy atom. The molecule has 2 heteroatoms. The van der Waals surface area contributed by atoms with E-state index in [1.807, 2.05) is 0 Å². The van der Waals surface area contributed by atoms with Gasteiger partial charge in [0.25, 0.3) is 0 Å². The van der Waals surface area contributed by atoms with Crippen LogP contribution in [0.4, 0.5) is 0 Å². The molecule has 0 amide bonds.